The lowest BCUT2D eigenvalue weighted by Gasteiger charge is -2.27. The molecule has 0 bridgehead atoms. The minimum Gasteiger partial charge on any atom is -0.456 e. The molecule has 2 heterocycles. The molecule has 9 aromatic carbocycles. The standard InChI is InChI=1S/C58H42N4O2/c1-35(2)38-16-24-42(25-17-38)61(41-22-14-37(34-59)15-23-41)51-31-55-57(47-12-8-6-10-45(47)51)49-30-50-54(33-53(49)63-55)64-56-32-52(46-11-7-9-13-48(46)58(50)56)62(44-28-20-40(60-5)21-29-44)43-26-18-39(19-27-43)36(3)4/h6-33,35-36H,1-4H3. The van der Waals surface area contributed by atoms with Gasteiger partial charge in [-0.25, -0.2) is 4.85 Å². The lowest BCUT2D eigenvalue weighted by molar-refractivity contribution is 0.656. The maximum atomic E-state index is 9.64. The van der Waals surface area contributed by atoms with Gasteiger partial charge in [0.2, 0.25) is 0 Å². The number of nitriles is 1. The summed E-state index contributed by atoms with van der Waals surface area (Å²) >= 11 is 0. The zero-order chi connectivity index (χ0) is 43.6. The highest BCUT2D eigenvalue weighted by Crippen LogP contribution is 2.49. The van der Waals surface area contributed by atoms with E-state index in [1.165, 1.54) is 11.1 Å². The van der Waals surface area contributed by atoms with Crippen LogP contribution in [0.15, 0.2) is 179 Å². The molecule has 0 aliphatic heterocycles. The first-order valence-electron chi connectivity index (χ1n) is 21.7. The molecule has 64 heavy (non-hydrogen) atoms. The maximum Gasteiger partial charge on any atom is 0.187 e. The molecule has 0 radical (unpaired) electrons. The molecule has 0 fully saturated rings. The second kappa shape index (κ2) is 15.2. The maximum absolute atomic E-state index is 9.64. The van der Waals surface area contributed by atoms with Crippen LogP contribution in [0.25, 0.3) is 70.3 Å². The van der Waals surface area contributed by atoms with E-state index >= 15 is 0 Å². The number of benzene rings is 9. The summed E-state index contributed by atoms with van der Waals surface area (Å²) < 4.78 is 13.7. The number of hydrogen-bond acceptors (Lipinski definition) is 5. The highest BCUT2D eigenvalue weighted by Gasteiger charge is 2.24. The van der Waals surface area contributed by atoms with Gasteiger partial charge < -0.3 is 18.6 Å². The highest BCUT2D eigenvalue weighted by atomic mass is 16.3. The Morgan fingerprint density at radius 3 is 1.23 bits per heavy atom. The first kappa shape index (κ1) is 38.6. The van der Waals surface area contributed by atoms with Gasteiger partial charge in [-0.3, -0.25) is 0 Å². The van der Waals surface area contributed by atoms with E-state index in [9.17, 15) is 5.26 Å². The Morgan fingerprint density at radius 2 is 0.844 bits per heavy atom. The fraction of sp³-hybridized carbons (Fsp3) is 0.103. The Hall–Kier alpha value is -8.32. The summed E-state index contributed by atoms with van der Waals surface area (Å²) in [4.78, 5) is 8.18. The normalized spacial score (nSPS) is 11.7. The van der Waals surface area contributed by atoms with E-state index in [4.69, 9.17) is 15.4 Å². The van der Waals surface area contributed by atoms with E-state index in [1.807, 2.05) is 54.6 Å². The lowest BCUT2D eigenvalue weighted by atomic mass is 9.98. The van der Waals surface area contributed by atoms with E-state index in [1.54, 1.807) is 0 Å². The van der Waals surface area contributed by atoms with Crippen molar-refractivity contribution in [3.63, 3.8) is 0 Å². The van der Waals surface area contributed by atoms with Gasteiger partial charge in [0.05, 0.1) is 29.6 Å². The topological polar surface area (TPSA) is 60.9 Å². The highest BCUT2D eigenvalue weighted by molar-refractivity contribution is 6.28. The van der Waals surface area contributed by atoms with Crippen molar-refractivity contribution in [2.45, 2.75) is 39.5 Å². The largest absolute Gasteiger partial charge is 0.456 e. The van der Waals surface area contributed by atoms with Crippen molar-refractivity contribution in [2.24, 2.45) is 0 Å². The number of anilines is 6. The van der Waals surface area contributed by atoms with Gasteiger partial charge in [0.1, 0.15) is 22.3 Å². The summed E-state index contributed by atoms with van der Waals surface area (Å²) in [5.41, 5.74) is 12.6. The molecular formula is C58H42N4O2. The lowest BCUT2D eigenvalue weighted by Crippen LogP contribution is -2.10. The van der Waals surface area contributed by atoms with E-state index in [-0.39, 0.29) is 0 Å². The molecule has 0 spiro atoms. The van der Waals surface area contributed by atoms with Gasteiger partial charge in [0.15, 0.2) is 5.69 Å². The Balaban J connectivity index is 1.13. The number of nitrogens with zero attached hydrogens (tertiary/aromatic N) is 4. The molecule has 0 atom stereocenters. The van der Waals surface area contributed by atoms with Crippen LogP contribution in [0.2, 0.25) is 0 Å². The first-order valence-corrected chi connectivity index (χ1v) is 21.7. The zero-order valence-corrected chi connectivity index (χ0v) is 35.9. The molecule has 0 aliphatic carbocycles. The Labute approximate surface area is 371 Å². The van der Waals surface area contributed by atoms with Crippen LogP contribution < -0.4 is 9.80 Å². The van der Waals surface area contributed by atoms with Crippen molar-refractivity contribution >= 4 is 105 Å². The van der Waals surface area contributed by atoms with Gasteiger partial charge in [0.25, 0.3) is 0 Å². The average Bonchev–Trinajstić information content (AvgIpc) is 3.88. The van der Waals surface area contributed by atoms with Crippen LogP contribution in [0.1, 0.15) is 56.2 Å². The van der Waals surface area contributed by atoms with Crippen molar-refractivity contribution in [3.8, 4) is 6.07 Å². The summed E-state index contributed by atoms with van der Waals surface area (Å²) in [5.74, 6) is 0.807. The van der Waals surface area contributed by atoms with Gasteiger partial charge >= 0.3 is 0 Å². The molecule has 6 heteroatoms. The third-order valence-corrected chi connectivity index (χ3v) is 12.6. The van der Waals surface area contributed by atoms with Gasteiger partial charge in [-0.1, -0.05) is 113 Å². The quantitative estimate of drug-likeness (QED) is 0.143. The van der Waals surface area contributed by atoms with Crippen molar-refractivity contribution in [3.05, 3.63) is 198 Å². The minimum absolute atomic E-state index is 0.403. The molecule has 11 aromatic rings. The van der Waals surface area contributed by atoms with Gasteiger partial charge in [-0.2, -0.15) is 5.26 Å². The summed E-state index contributed by atoms with van der Waals surface area (Å²) in [6.07, 6.45) is 0. The van der Waals surface area contributed by atoms with Crippen LogP contribution in [-0.4, -0.2) is 0 Å². The van der Waals surface area contributed by atoms with E-state index in [0.717, 1.165) is 99.5 Å². The molecule has 2 aromatic heterocycles. The van der Waals surface area contributed by atoms with Crippen molar-refractivity contribution in [1.29, 1.82) is 5.26 Å². The summed E-state index contributed by atoms with van der Waals surface area (Å²) in [6, 6.07) is 61.0. The third kappa shape index (κ3) is 6.31. The molecule has 306 valence electrons. The molecule has 6 nitrogen and oxygen atoms in total. The fourth-order valence-electron chi connectivity index (χ4n) is 9.34. The van der Waals surface area contributed by atoms with Crippen molar-refractivity contribution in [1.82, 2.24) is 0 Å². The third-order valence-electron chi connectivity index (χ3n) is 12.6. The predicted octanol–water partition coefficient (Wildman–Crippen LogP) is 17.4. The van der Waals surface area contributed by atoms with E-state index in [0.29, 0.717) is 23.1 Å². The molecule has 0 N–H and O–H groups in total. The van der Waals surface area contributed by atoms with E-state index < -0.39 is 0 Å². The number of furan rings is 2. The van der Waals surface area contributed by atoms with Gasteiger partial charge in [-0.05, 0) is 100 Å². The molecule has 0 saturated heterocycles. The van der Waals surface area contributed by atoms with Crippen LogP contribution in [0, 0.1) is 17.9 Å². The fourth-order valence-corrected chi connectivity index (χ4v) is 9.34. The Bertz CT molecular complexity index is 3430. The smallest absolute Gasteiger partial charge is 0.187 e. The Morgan fingerprint density at radius 1 is 0.453 bits per heavy atom. The first-order chi connectivity index (χ1) is 31.3. The monoisotopic (exact) mass is 826 g/mol. The second-order valence-electron chi connectivity index (χ2n) is 17.1. The molecule has 0 amide bonds. The van der Waals surface area contributed by atoms with Crippen molar-refractivity contribution < 1.29 is 8.83 Å². The van der Waals surface area contributed by atoms with Crippen molar-refractivity contribution in [2.75, 3.05) is 9.80 Å². The predicted molar refractivity (Wildman–Crippen MR) is 265 cm³/mol. The van der Waals surface area contributed by atoms with Gasteiger partial charge in [-0.15, -0.1) is 0 Å². The molecule has 11 rings (SSSR count). The molecule has 0 aliphatic rings. The SMILES string of the molecule is [C-]#[N+]c1ccc(N(c2ccc(C(C)C)cc2)c2cc3oc4cc5oc6cc(N(c7ccc(C#N)cc7)c7ccc(C(C)C)cc7)c7ccccc7c6c5cc4c3c3ccccc23)cc1. The summed E-state index contributed by atoms with van der Waals surface area (Å²) in [5, 5.41) is 18.1. The molecule has 0 saturated carbocycles. The summed E-state index contributed by atoms with van der Waals surface area (Å²) in [7, 11) is 0. The van der Waals surface area contributed by atoms with Crippen LogP contribution in [0.5, 0.6) is 0 Å². The van der Waals surface area contributed by atoms with Crippen LogP contribution >= 0.6 is 0 Å². The number of rotatable bonds is 8. The number of hydrogen-bond donors (Lipinski definition) is 0. The number of fused-ring (bicyclic) bond motifs is 10. The molecular weight excluding hydrogens is 785 g/mol. The van der Waals surface area contributed by atoms with Crippen LogP contribution in [0.3, 0.4) is 0 Å². The summed E-state index contributed by atoms with van der Waals surface area (Å²) in [6.45, 7) is 16.4. The van der Waals surface area contributed by atoms with Crippen LogP contribution in [-0.2, 0) is 0 Å². The zero-order valence-electron chi connectivity index (χ0n) is 35.9. The second-order valence-corrected chi connectivity index (χ2v) is 17.1. The van der Waals surface area contributed by atoms with Gasteiger partial charge in [0, 0.05) is 73.3 Å². The van der Waals surface area contributed by atoms with Crippen LogP contribution in [0.4, 0.5) is 39.8 Å². The molecule has 0 unspecified atom stereocenters. The van der Waals surface area contributed by atoms with E-state index in [2.05, 4.69) is 164 Å². The minimum atomic E-state index is 0.403. The Kier molecular flexibility index (Phi) is 9.19. The average molecular weight is 827 g/mol.